The van der Waals surface area contributed by atoms with Gasteiger partial charge >= 0.3 is 0 Å². The summed E-state index contributed by atoms with van der Waals surface area (Å²) in [6.45, 7) is 7.28. The summed E-state index contributed by atoms with van der Waals surface area (Å²) in [7, 11) is 3.64. The van der Waals surface area contributed by atoms with E-state index in [1.807, 2.05) is 20.0 Å². The van der Waals surface area contributed by atoms with Gasteiger partial charge in [0.15, 0.2) is 0 Å². The van der Waals surface area contributed by atoms with Gasteiger partial charge in [0, 0.05) is 31.4 Å². The highest BCUT2D eigenvalue weighted by Crippen LogP contribution is 2.31. The smallest absolute Gasteiger partial charge is 0.228 e. The fraction of sp³-hybridized carbons (Fsp3) is 0.692. The van der Waals surface area contributed by atoms with Crippen molar-refractivity contribution in [2.24, 2.45) is 5.41 Å². The first kappa shape index (κ1) is 13.1. The van der Waals surface area contributed by atoms with E-state index in [0.29, 0.717) is 11.3 Å². The summed E-state index contributed by atoms with van der Waals surface area (Å²) in [5.74, 6) is 1.42. The standard InChI is InChI=1S/C13H22N4O/c1-10-7-11(18-4)16-12(15-10)17-6-5-13(2,9-17)8-14-3/h7,14H,5-6,8-9H2,1-4H3. The third-order valence-electron chi connectivity index (χ3n) is 3.47. The average molecular weight is 250 g/mol. The fourth-order valence-electron chi connectivity index (χ4n) is 2.54. The molecule has 1 aliphatic heterocycles. The zero-order chi connectivity index (χ0) is 13.2. The molecule has 0 bridgehead atoms. The molecule has 1 saturated heterocycles. The van der Waals surface area contributed by atoms with Crippen LogP contribution < -0.4 is 15.0 Å². The Balaban J connectivity index is 2.16. The number of ether oxygens (including phenoxy) is 1. The quantitative estimate of drug-likeness (QED) is 0.871. The van der Waals surface area contributed by atoms with Gasteiger partial charge in [0.1, 0.15) is 0 Å². The van der Waals surface area contributed by atoms with Crippen molar-refractivity contribution in [3.8, 4) is 5.88 Å². The number of aromatic nitrogens is 2. The Morgan fingerprint density at radius 2 is 2.28 bits per heavy atom. The second-order valence-corrected chi connectivity index (χ2v) is 5.36. The van der Waals surface area contributed by atoms with Crippen molar-refractivity contribution in [3.05, 3.63) is 11.8 Å². The molecule has 1 aliphatic rings. The van der Waals surface area contributed by atoms with Crippen molar-refractivity contribution in [1.82, 2.24) is 15.3 Å². The summed E-state index contributed by atoms with van der Waals surface area (Å²) >= 11 is 0. The minimum atomic E-state index is 0.301. The van der Waals surface area contributed by atoms with Crippen molar-refractivity contribution >= 4 is 5.95 Å². The number of anilines is 1. The first-order chi connectivity index (χ1) is 8.56. The molecular weight excluding hydrogens is 228 g/mol. The van der Waals surface area contributed by atoms with Gasteiger partial charge in [0.2, 0.25) is 11.8 Å². The molecule has 2 heterocycles. The highest BCUT2D eigenvalue weighted by atomic mass is 16.5. The van der Waals surface area contributed by atoms with E-state index in [-0.39, 0.29) is 0 Å². The lowest BCUT2D eigenvalue weighted by Crippen LogP contribution is -2.33. The first-order valence-electron chi connectivity index (χ1n) is 6.35. The molecule has 5 heteroatoms. The van der Waals surface area contributed by atoms with Crippen LogP contribution in [0.3, 0.4) is 0 Å². The maximum atomic E-state index is 5.20. The average Bonchev–Trinajstić information content (AvgIpc) is 2.71. The van der Waals surface area contributed by atoms with Gasteiger partial charge in [-0.05, 0) is 25.8 Å². The first-order valence-corrected chi connectivity index (χ1v) is 6.35. The van der Waals surface area contributed by atoms with Crippen LogP contribution >= 0.6 is 0 Å². The molecule has 0 spiro atoms. The lowest BCUT2D eigenvalue weighted by Gasteiger charge is -2.24. The predicted octanol–water partition coefficient (Wildman–Crippen LogP) is 1.23. The van der Waals surface area contributed by atoms with E-state index in [1.54, 1.807) is 7.11 Å². The largest absolute Gasteiger partial charge is 0.481 e. The highest BCUT2D eigenvalue weighted by Gasteiger charge is 2.34. The third kappa shape index (κ3) is 2.72. The molecule has 1 unspecified atom stereocenters. The monoisotopic (exact) mass is 250 g/mol. The van der Waals surface area contributed by atoms with Crippen LogP contribution in [0.25, 0.3) is 0 Å². The number of methoxy groups -OCH3 is 1. The Morgan fingerprint density at radius 3 is 2.94 bits per heavy atom. The van der Waals surface area contributed by atoms with E-state index in [4.69, 9.17) is 4.74 Å². The number of aryl methyl sites for hydroxylation is 1. The zero-order valence-corrected chi connectivity index (χ0v) is 11.7. The molecule has 2 rings (SSSR count). The lowest BCUT2D eigenvalue weighted by molar-refractivity contribution is 0.355. The summed E-state index contributed by atoms with van der Waals surface area (Å²) < 4.78 is 5.20. The van der Waals surface area contributed by atoms with Crippen LogP contribution in [0, 0.1) is 12.3 Å². The minimum absolute atomic E-state index is 0.301. The van der Waals surface area contributed by atoms with E-state index in [2.05, 4.69) is 27.1 Å². The van der Waals surface area contributed by atoms with Crippen LogP contribution in [0.5, 0.6) is 5.88 Å². The van der Waals surface area contributed by atoms with E-state index >= 15 is 0 Å². The second-order valence-electron chi connectivity index (χ2n) is 5.36. The SMILES string of the molecule is CNCC1(C)CCN(c2nc(C)cc(OC)n2)C1. The van der Waals surface area contributed by atoms with Crippen LogP contribution in [0.1, 0.15) is 19.0 Å². The predicted molar refractivity (Wildman–Crippen MR) is 72.2 cm³/mol. The number of hydrogen-bond acceptors (Lipinski definition) is 5. The van der Waals surface area contributed by atoms with Gasteiger partial charge in [0.05, 0.1) is 7.11 Å². The van der Waals surface area contributed by atoms with Gasteiger partial charge in [-0.15, -0.1) is 0 Å². The molecule has 1 atom stereocenters. The van der Waals surface area contributed by atoms with E-state index in [0.717, 1.165) is 37.7 Å². The topological polar surface area (TPSA) is 50.3 Å². The molecule has 0 saturated carbocycles. The van der Waals surface area contributed by atoms with Crippen molar-refractivity contribution < 1.29 is 4.74 Å². The second kappa shape index (κ2) is 5.10. The van der Waals surface area contributed by atoms with Gasteiger partial charge in [-0.25, -0.2) is 4.98 Å². The van der Waals surface area contributed by atoms with Gasteiger partial charge in [-0.2, -0.15) is 4.98 Å². The molecule has 5 nitrogen and oxygen atoms in total. The van der Waals surface area contributed by atoms with Crippen molar-refractivity contribution in [2.75, 3.05) is 38.7 Å². The molecule has 100 valence electrons. The Bertz CT molecular complexity index is 423. The van der Waals surface area contributed by atoms with Crippen molar-refractivity contribution in [3.63, 3.8) is 0 Å². The van der Waals surface area contributed by atoms with Gasteiger partial charge in [-0.3, -0.25) is 0 Å². The molecular formula is C13H22N4O. The summed E-state index contributed by atoms with van der Waals surface area (Å²) in [5.41, 5.74) is 1.24. The maximum absolute atomic E-state index is 5.20. The maximum Gasteiger partial charge on any atom is 0.228 e. The number of nitrogens with zero attached hydrogens (tertiary/aromatic N) is 3. The summed E-state index contributed by atoms with van der Waals surface area (Å²) in [5, 5.41) is 3.26. The van der Waals surface area contributed by atoms with E-state index in [1.165, 1.54) is 0 Å². The molecule has 0 amide bonds. The minimum Gasteiger partial charge on any atom is -0.481 e. The Hall–Kier alpha value is -1.36. The number of hydrogen-bond donors (Lipinski definition) is 1. The number of nitrogens with one attached hydrogen (secondary N) is 1. The molecule has 1 N–H and O–H groups in total. The fourth-order valence-corrected chi connectivity index (χ4v) is 2.54. The van der Waals surface area contributed by atoms with Crippen LogP contribution in [-0.2, 0) is 0 Å². The van der Waals surface area contributed by atoms with Gasteiger partial charge in [0.25, 0.3) is 0 Å². The summed E-state index contributed by atoms with van der Waals surface area (Å²) in [6.07, 6.45) is 1.16. The van der Waals surface area contributed by atoms with Gasteiger partial charge in [-0.1, -0.05) is 6.92 Å². The van der Waals surface area contributed by atoms with Crippen molar-refractivity contribution in [2.45, 2.75) is 20.3 Å². The van der Waals surface area contributed by atoms with Crippen LogP contribution in [0.15, 0.2) is 6.07 Å². The van der Waals surface area contributed by atoms with E-state index < -0.39 is 0 Å². The highest BCUT2D eigenvalue weighted by molar-refractivity contribution is 5.36. The Kier molecular flexibility index (Phi) is 3.71. The molecule has 0 radical (unpaired) electrons. The summed E-state index contributed by atoms with van der Waals surface area (Å²) in [6, 6.07) is 1.85. The molecule has 0 aliphatic carbocycles. The Morgan fingerprint density at radius 1 is 1.50 bits per heavy atom. The van der Waals surface area contributed by atoms with Crippen LogP contribution in [0.2, 0.25) is 0 Å². The third-order valence-corrected chi connectivity index (χ3v) is 3.47. The van der Waals surface area contributed by atoms with Crippen LogP contribution in [0.4, 0.5) is 5.95 Å². The molecule has 1 fully saturated rings. The zero-order valence-electron chi connectivity index (χ0n) is 11.7. The van der Waals surface area contributed by atoms with E-state index in [9.17, 15) is 0 Å². The molecule has 1 aromatic heterocycles. The normalized spacial score (nSPS) is 23.4. The molecule has 0 aromatic carbocycles. The molecule has 18 heavy (non-hydrogen) atoms. The Labute approximate surface area is 109 Å². The molecule has 1 aromatic rings. The van der Waals surface area contributed by atoms with Crippen LogP contribution in [-0.4, -0.2) is 43.8 Å². The number of rotatable bonds is 4. The van der Waals surface area contributed by atoms with Crippen molar-refractivity contribution in [1.29, 1.82) is 0 Å². The summed E-state index contributed by atoms with van der Waals surface area (Å²) in [4.78, 5) is 11.2. The lowest BCUT2D eigenvalue weighted by atomic mass is 9.90. The van der Waals surface area contributed by atoms with Gasteiger partial charge < -0.3 is 15.0 Å².